The van der Waals surface area contributed by atoms with E-state index in [2.05, 4.69) is 61.2 Å². The molecule has 0 radical (unpaired) electrons. The van der Waals surface area contributed by atoms with E-state index in [-0.39, 0.29) is 0 Å². The number of aryl methyl sites for hydroxylation is 1. The van der Waals surface area contributed by atoms with Crippen LogP contribution in [-0.2, 0) is 6.54 Å². The Balaban J connectivity index is 1.75. The third-order valence-electron chi connectivity index (χ3n) is 4.30. The molecule has 1 aliphatic rings. The fourth-order valence-corrected chi connectivity index (χ4v) is 3.12. The standard InChI is InChI=1S/C18H24N2O/c1-13(2)16-11-18(21-19-16)17-8-5-9-20(17)12-15-7-4-6-14(3)10-15/h4,6-7,10-11,13,17H,5,8-9,12H2,1-3H3/t17-/m1/s1. The largest absolute Gasteiger partial charge is 0.359 e. The second-order valence-electron chi connectivity index (χ2n) is 6.43. The third kappa shape index (κ3) is 3.18. The fourth-order valence-electron chi connectivity index (χ4n) is 3.12. The second-order valence-corrected chi connectivity index (χ2v) is 6.43. The molecule has 2 aromatic rings. The van der Waals surface area contributed by atoms with Gasteiger partial charge in [0.15, 0.2) is 5.76 Å². The number of benzene rings is 1. The summed E-state index contributed by atoms with van der Waals surface area (Å²) < 4.78 is 5.61. The number of hydrogen-bond acceptors (Lipinski definition) is 3. The Labute approximate surface area is 126 Å². The average Bonchev–Trinajstić information content (AvgIpc) is 3.06. The molecule has 1 saturated heterocycles. The van der Waals surface area contributed by atoms with Crippen LogP contribution in [0.15, 0.2) is 34.9 Å². The van der Waals surface area contributed by atoms with Crippen LogP contribution in [0.5, 0.6) is 0 Å². The summed E-state index contributed by atoms with van der Waals surface area (Å²) in [5.41, 5.74) is 3.77. The third-order valence-corrected chi connectivity index (χ3v) is 4.30. The molecule has 0 saturated carbocycles. The highest BCUT2D eigenvalue weighted by molar-refractivity contribution is 5.23. The van der Waals surface area contributed by atoms with Crippen LogP contribution < -0.4 is 0 Å². The highest BCUT2D eigenvalue weighted by atomic mass is 16.5. The van der Waals surface area contributed by atoms with Crippen LogP contribution >= 0.6 is 0 Å². The van der Waals surface area contributed by atoms with Gasteiger partial charge in [-0.2, -0.15) is 0 Å². The molecular formula is C18H24N2O. The van der Waals surface area contributed by atoms with Crippen LogP contribution in [0.2, 0.25) is 0 Å². The minimum atomic E-state index is 0.380. The lowest BCUT2D eigenvalue weighted by Gasteiger charge is -2.22. The number of nitrogens with zero attached hydrogens (tertiary/aromatic N) is 2. The van der Waals surface area contributed by atoms with Crippen molar-refractivity contribution in [1.29, 1.82) is 0 Å². The van der Waals surface area contributed by atoms with Crippen LogP contribution in [0, 0.1) is 6.92 Å². The van der Waals surface area contributed by atoms with E-state index in [1.165, 1.54) is 24.0 Å². The SMILES string of the molecule is Cc1cccc(CN2CCC[C@@H]2c2cc(C(C)C)no2)c1. The molecule has 1 atom stereocenters. The molecule has 1 aliphatic heterocycles. The first-order chi connectivity index (χ1) is 10.1. The zero-order chi connectivity index (χ0) is 14.8. The van der Waals surface area contributed by atoms with Crippen molar-refractivity contribution in [1.82, 2.24) is 10.1 Å². The van der Waals surface area contributed by atoms with Gasteiger partial charge in [0.25, 0.3) is 0 Å². The topological polar surface area (TPSA) is 29.3 Å². The van der Waals surface area contributed by atoms with E-state index in [4.69, 9.17) is 4.52 Å². The molecule has 112 valence electrons. The molecule has 0 amide bonds. The molecule has 0 aliphatic carbocycles. The first-order valence-electron chi connectivity index (χ1n) is 7.89. The van der Waals surface area contributed by atoms with Crippen molar-refractivity contribution < 1.29 is 4.52 Å². The van der Waals surface area contributed by atoms with Crippen molar-refractivity contribution in [2.24, 2.45) is 0 Å². The molecule has 1 fully saturated rings. The highest BCUT2D eigenvalue weighted by Crippen LogP contribution is 2.34. The van der Waals surface area contributed by atoms with Gasteiger partial charge in [-0.25, -0.2) is 0 Å². The van der Waals surface area contributed by atoms with Gasteiger partial charge < -0.3 is 4.52 Å². The van der Waals surface area contributed by atoms with E-state index < -0.39 is 0 Å². The summed E-state index contributed by atoms with van der Waals surface area (Å²) in [6, 6.07) is 11.3. The Morgan fingerprint density at radius 2 is 2.19 bits per heavy atom. The van der Waals surface area contributed by atoms with Crippen molar-refractivity contribution in [3.05, 3.63) is 52.9 Å². The van der Waals surface area contributed by atoms with Crippen LogP contribution in [0.4, 0.5) is 0 Å². The minimum absolute atomic E-state index is 0.380. The lowest BCUT2D eigenvalue weighted by Crippen LogP contribution is -2.22. The summed E-state index contributed by atoms with van der Waals surface area (Å²) in [7, 11) is 0. The number of rotatable bonds is 4. The van der Waals surface area contributed by atoms with Crippen molar-refractivity contribution >= 4 is 0 Å². The van der Waals surface area contributed by atoms with E-state index in [9.17, 15) is 0 Å². The Hall–Kier alpha value is -1.61. The van der Waals surface area contributed by atoms with E-state index in [1.807, 2.05) is 0 Å². The predicted octanol–water partition coefficient (Wildman–Crippen LogP) is 4.44. The summed E-state index contributed by atoms with van der Waals surface area (Å²) in [4.78, 5) is 2.51. The molecule has 2 heterocycles. The summed E-state index contributed by atoms with van der Waals surface area (Å²) in [6.07, 6.45) is 2.40. The van der Waals surface area contributed by atoms with E-state index in [1.54, 1.807) is 0 Å². The Morgan fingerprint density at radius 1 is 1.33 bits per heavy atom. The maximum absolute atomic E-state index is 5.61. The quantitative estimate of drug-likeness (QED) is 0.831. The van der Waals surface area contributed by atoms with Crippen LogP contribution in [0.3, 0.4) is 0 Å². The zero-order valence-corrected chi connectivity index (χ0v) is 13.2. The van der Waals surface area contributed by atoms with Gasteiger partial charge in [0, 0.05) is 12.6 Å². The van der Waals surface area contributed by atoms with Crippen LogP contribution in [-0.4, -0.2) is 16.6 Å². The van der Waals surface area contributed by atoms with Gasteiger partial charge in [0.05, 0.1) is 11.7 Å². The lowest BCUT2D eigenvalue weighted by molar-refractivity contribution is 0.206. The Bertz CT molecular complexity index is 603. The van der Waals surface area contributed by atoms with Crippen molar-refractivity contribution in [2.75, 3.05) is 6.54 Å². The first-order valence-corrected chi connectivity index (χ1v) is 7.89. The molecule has 0 unspecified atom stereocenters. The lowest BCUT2D eigenvalue weighted by atomic mass is 10.1. The predicted molar refractivity (Wildman–Crippen MR) is 84.2 cm³/mol. The highest BCUT2D eigenvalue weighted by Gasteiger charge is 2.29. The van der Waals surface area contributed by atoms with E-state index in [0.29, 0.717) is 12.0 Å². The first kappa shape index (κ1) is 14.3. The van der Waals surface area contributed by atoms with Gasteiger partial charge in [-0.15, -0.1) is 0 Å². The summed E-state index contributed by atoms with van der Waals surface area (Å²) in [6.45, 7) is 8.58. The molecular weight excluding hydrogens is 260 g/mol. The summed E-state index contributed by atoms with van der Waals surface area (Å²) in [5.74, 6) is 1.46. The summed E-state index contributed by atoms with van der Waals surface area (Å²) >= 11 is 0. The van der Waals surface area contributed by atoms with Gasteiger partial charge in [-0.3, -0.25) is 4.90 Å². The molecule has 1 aromatic heterocycles. The maximum atomic E-state index is 5.61. The maximum Gasteiger partial charge on any atom is 0.154 e. The van der Waals surface area contributed by atoms with Crippen molar-refractivity contribution in [3.63, 3.8) is 0 Å². The van der Waals surface area contributed by atoms with Gasteiger partial charge in [0.1, 0.15) is 0 Å². The number of hydrogen-bond donors (Lipinski definition) is 0. The van der Waals surface area contributed by atoms with Crippen molar-refractivity contribution in [3.8, 4) is 0 Å². The number of aromatic nitrogens is 1. The zero-order valence-electron chi connectivity index (χ0n) is 13.2. The minimum Gasteiger partial charge on any atom is -0.359 e. The molecule has 0 N–H and O–H groups in total. The molecule has 1 aromatic carbocycles. The molecule has 21 heavy (non-hydrogen) atoms. The molecule has 0 spiro atoms. The van der Waals surface area contributed by atoms with Gasteiger partial charge in [0.2, 0.25) is 0 Å². The fraction of sp³-hybridized carbons (Fsp3) is 0.500. The smallest absolute Gasteiger partial charge is 0.154 e. The van der Waals surface area contributed by atoms with Crippen molar-refractivity contribution in [2.45, 2.75) is 52.1 Å². The monoisotopic (exact) mass is 284 g/mol. The van der Waals surface area contributed by atoms with E-state index in [0.717, 1.165) is 24.5 Å². The average molecular weight is 284 g/mol. The van der Waals surface area contributed by atoms with Gasteiger partial charge >= 0.3 is 0 Å². The Morgan fingerprint density at radius 3 is 2.90 bits per heavy atom. The van der Waals surface area contributed by atoms with Gasteiger partial charge in [-0.1, -0.05) is 48.8 Å². The van der Waals surface area contributed by atoms with Gasteiger partial charge in [-0.05, 0) is 37.8 Å². The molecule has 3 rings (SSSR count). The second kappa shape index (κ2) is 6.02. The van der Waals surface area contributed by atoms with Crippen LogP contribution in [0.25, 0.3) is 0 Å². The molecule has 3 nitrogen and oxygen atoms in total. The number of likely N-dealkylation sites (tertiary alicyclic amines) is 1. The molecule has 3 heteroatoms. The summed E-state index contributed by atoms with van der Waals surface area (Å²) in [5, 5.41) is 4.21. The Kier molecular flexibility index (Phi) is 4.11. The van der Waals surface area contributed by atoms with Crippen LogP contribution in [0.1, 0.15) is 61.2 Å². The molecule has 0 bridgehead atoms. The van der Waals surface area contributed by atoms with E-state index >= 15 is 0 Å². The normalized spacial score (nSPS) is 19.5.